The Labute approximate surface area is 125 Å². The zero-order chi connectivity index (χ0) is 16.0. The summed E-state index contributed by atoms with van der Waals surface area (Å²) in [5, 5.41) is 2.77. The Morgan fingerprint density at radius 2 is 2.00 bits per heavy atom. The van der Waals surface area contributed by atoms with E-state index >= 15 is 0 Å². The number of rotatable bonds is 7. The van der Waals surface area contributed by atoms with Crippen LogP contribution in [0.5, 0.6) is 5.75 Å². The normalized spacial score (nSPS) is 11.3. The molecular weight excluding hydrogens is 292 g/mol. The number of carbonyl (C=O) groups is 1. The number of sulfonamides is 1. The molecule has 1 aromatic rings. The molecule has 0 aromatic heterocycles. The highest BCUT2D eigenvalue weighted by molar-refractivity contribution is 7.92. The van der Waals surface area contributed by atoms with Crippen LogP contribution in [0.25, 0.3) is 0 Å². The number of anilines is 2. The average Bonchev–Trinajstić information content (AvgIpc) is 2.36. The van der Waals surface area contributed by atoms with Gasteiger partial charge in [-0.25, -0.2) is 8.42 Å². The second-order valence-electron chi connectivity index (χ2n) is 5.27. The van der Waals surface area contributed by atoms with E-state index in [4.69, 9.17) is 4.74 Å². The molecular formula is C14H22N2O4S. The fraction of sp³-hybridized carbons (Fsp3) is 0.500. The Balaban J connectivity index is 2.80. The molecule has 1 rings (SSSR count). The lowest BCUT2D eigenvalue weighted by Gasteiger charge is -2.12. The third-order valence-corrected chi connectivity index (χ3v) is 3.32. The summed E-state index contributed by atoms with van der Waals surface area (Å²) in [6.07, 6.45) is 2.33. The van der Waals surface area contributed by atoms with Crippen molar-refractivity contribution < 1.29 is 17.9 Å². The highest BCUT2D eigenvalue weighted by Crippen LogP contribution is 2.28. The number of hydrogen-bond acceptors (Lipinski definition) is 4. The smallest absolute Gasteiger partial charge is 0.229 e. The third-order valence-electron chi connectivity index (χ3n) is 2.73. The first-order valence-electron chi connectivity index (χ1n) is 6.67. The van der Waals surface area contributed by atoms with Gasteiger partial charge in [0.05, 0.1) is 19.1 Å². The first-order chi connectivity index (χ1) is 9.71. The summed E-state index contributed by atoms with van der Waals surface area (Å²) in [6.45, 7) is 4.11. The lowest BCUT2D eigenvalue weighted by molar-refractivity contribution is -0.116. The maximum atomic E-state index is 11.8. The second-order valence-corrected chi connectivity index (χ2v) is 7.02. The SMILES string of the molecule is COc1cc(NC(=O)CCC(C)C)ccc1NS(C)(=O)=O. The van der Waals surface area contributed by atoms with Gasteiger partial charge in [-0.2, -0.15) is 0 Å². The molecule has 0 heterocycles. The minimum atomic E-state index is -3.38. The van der Waals surface area contributed by atoms with Gasteiger partial charge in [0.1, 0.15) is 5.75 Å². The van der Waals surface area contributed by atoms with Crippen molar-refractivity contribution in [3.05, 3.63) is 18.2 Å². The molecule has 0 radical (unpaired) electrons. The first kappa shape index (κ1) is 17.3. The number of methoxy groups -OCH3 is 1. The summed E-state index contributed by atoms with van der Waals surface area (Å²) >= 11 is 0. The molecule has 0 fully saturated rings. The Morgan fingerprint density at radius 3 is 2.52 bits per heavy atom. The van der Waals surface area contributed by atoms with Crippen LogP contribution < -0.4 is 14.8 Å². The highest BCUT2D eigenvalue weighted by atomic mass is 32.2. The van der Waals surface area contributed by atoms with E-state index in [0.29, 0.717) is 29.5 Å². The predicted molar refractivity (Wildman–Crippen MR) is 84.2 cm³/mol. The van der Waals surface area contributed by atoms with Crippen LogP contribution in [0.3, 0.4) is 0 Å². The molecule has 0 spiro atoms. The molecule has 6 nitrogen and oxygen atoms in total. The topological polar surface area (TPSA) is 84.5 Å². The van der Waals surface area contributed by atoms with Crippen molar-refractivity contribution in [2.24, 2.45) is 5.92 Å². The molecule has 0 aliphatic heterocycles. The van der Waals surface area contributed by atoms with Gasteiger partial charge in [-0.15, -0.1) is 0 Å². The van der Waals surface area contributed by atoms with Crippen LogP contribution in [0.15, 0.2) is 18.2 Å². The van der Waals surface area contributed by atoms with E-state index in [1.807, 2.05) is 0 Å². The maximum absolute atomic E-state index is 11.8. The van der Waals surface area contributed by atoms with Crippen LogP contribution in [0.2, 0.25) is 0 Å². The van der Waals surface area contributed by atoms with Gasteiger partial charge < -0.3 is 10.1 Å². The van der Waals surface area contributed by atoms with Crippen molar-refractivity contribution in [1.29, 1.82) is 0 Å². The van der Waals surface area contributed by atoms with Crippen LogP contribution in [0.4, 0.5) is 11.4 Å². The fourth-order valence-electron chi connectivity index (χ4n) is 1.70. The number of carbonyl (C=O) groups excluding carboxylic acids is 1. The molecule has 7 heteroatoms. The number of benzene rings is 1. The van der Waals surface area contributed by atoms with Gasteiger partial charge in [-0.05, 0) is 24.5 Å². The zero-order valence-corrected chi connectivity index (χ0v) is 13.6. The van der Waals surface area contributed by atoms with E-state index in [0.717, 1.165) is 12.7 Å². The van der Waals surface area contributed by atoms with Gasteiger partial charge >= 0.3 is 0 Å². The quantitative estimate of drug-likeness (QED) is 0.809. The molecule has 2 N–H and O–H groups in total. The highest BCUT2D eigenvalue weighted by Gasteiger charge is 2.10. The van der Waals surface area contributed by atoms with Crippen LogP contribution in [0, 0.1) is 5.92 Å². The molecule has 0 unspecified atom stereocenters. The van der Waals surface area contributed by atoms with Crippen molar-refractivity contribution >= 4 is 27.3 Å². The maximum Gasteiger partial charge on any atom is 0.229 e. The van der Waals surface area contributed by atoms with E-state index in [1.165, 1.54) is 7.11 Å². The van der Waals surface area contributed by atoms with Crippen molar-refractivity contribution in [2.45, 2.75) is 26.7 Å². The van der Waals surface area contributed by atoms with Gasteiger partial charge in [0, 0.05) is 18.2 Å². The predicted octanol–water partition coefficient (Wildman–Crippen LogP) is 2.44. The van der Waals surface area contributed by atoms with Crippen LogP contribution in [-0.2, 0) is 14.8 Å². The molecule has 0 saturated carbocycles. The summed E-state index contributed by atoms with van der Waals surface area (Å²) < 4.78 is 30.0. The van der Waals surface area contributed by atoms with Gasteiger partial charge in [-0.3, -0.25) is 9.52 Å². The van der Waals surface area contributed by atoms with Crippen molar-refractivity contribution in [3.63, 3.8) is 0 Å². The van der Waals surface area contributed by atoms with E-state index in [1.54, 1.807) is 18.2 Å². The molecule has 0 atom stereocenters. The van der Waals surface area contributed by atoms with Crippen molar-refractivity contribution in [3.8, 4) is 5.75 Å². The number of amides is 1. The lowest BCUT2D eigenvalue weighted by Crippen LogP contribution is -2.13. The number of hydrogen-bond donors (Lipinski definition) is 2. The summed E-state index contributed by atoms with van der Waals surface area (Å²) in [5.41, 5.74) is 0.903. The Bertz CT molecular complexity index is 597. The molecule has 21 heavy (non-hydrogen) atoms. The minimum Gasteiger partial charge on any atom is -0.494 e. The molecule has 0 aliphatic rings. The van der Waals surface area contributed by atoms with Crippen LogP contribution in [-0.4, -0.2) is 27.7 Å². The number of ether oxygens (including phenoxy) is 1. The fourth-order valence-corrected chi connectivity index (χ4v) is 2.26. The second kappa shape index (κ2) is 7.31. The summed E-state index contributed by atoms with van der Waals surface area (Å²) in [7, 11) is -1.94. The standard InChI is InChI=1S/C14H22N2O4S/c1-10(2)5-8-14(17)15-11-6-7-12(13(9-11)20-3)16-21(4,18)19/h6-7,9-10,16H,5,8H2,1-4H3,(H,15,17). The summed E-state index contributed by atoms with van der Waals surface area (Å²) in [5.74, 6) is 0.739. The van der Waals surface area contributed by atoms with E-state index in [9.17, 15) is 13.2 Å². The van der Waals surface area contributed by atoms with E-state index in [2.05, 4.69) is 23.9 Å². The van der Waals surface area contributed by atoms with Gasteiger partial charge in [0.25, 0.3) is 0 Å². The lowest BCUT2D eigenvalue weighted by atomic mass is 10.1. The minimum absolute atomic E-state index is 0.0745. The van der Waals surface area contributed by atoms with Crippen LogP contribution in [0.1, 0.15) is 26.7 Å². The van der Waals surface area contributed by atoms with Crippen LogP contribution >= 0.6 is 0 Å². The first-order valence-corrected chi connectivity index (χ1v) is 8.56. The largest absolute Gasteiger partial charge is 0.494 e. The van der Waals surface area contributed by atoms with E-state index < -0.39 is 10.0 Å². The molecule has 118 valence electrons. The number of nitrogens with one attached hydrogen (secondary N) is 2. The molecule has 0 bridgehead atoms. The van der Waals surface area contributed by atoms with E-state index in [-0.39, 0.29) is 5.91 Å². The van der Waals surface area contributed by atoms with Gasteiger partial charge in [0.15, 0.2) is 0 Å². The third kappa shape index (κ3) is 6.48. The van der Waals surface area contributed by atoms with Gasteiger partial charge in [-0.1, -0.05) is 13.8 Å². The molecule has 0 saturated heterocycles. The Hall–Kier alpha value is -1.76. The molecule has 1 aromatic carbocycles. The molecule has 1 amide bonds. The van der Waals surface area contributed by atoms with Crippen molar-refractivity contribution in [2.75, 3.05) is 23.4 Å². The average molecular weight is 314 g/mol. The monoisotopic (exact) mass is 314 g/mol. The summed E-state index contributed by atoms with van der Waals surface area (Å²) in [4.78, 5) is 11.8. The Kier molecular flexibility index (Phi) is 6.02. The van der Waals surface area contributed by atoms with Gasteiger partial charge in [0.2, 0.25) is 15.9 Å². The Morgan fingerprint density at radius 1 is 1.33 bits per heavy atom. The van der Waals surface area contributed by atoms with Crippen molar-refractivity contribution in [1.82, 2.24) is 0 Å². The molecule has 0 aliphatic carbocycles. The summed E-state index contributed by atoms with van der Waals surface area (Å²) in [6, 6.07) is 4.77. The zero-order valence-electron chi connectivity index (χ0n) is 12.8.